The van der Waals surface area contributed by atoms with Gasteiger partial charge in [0.2, 0.25) is 0 Å². The molecule has 4 heteroatoms. The van der Waals surface area contributed by atoms with Crippen LogP contribution in [0.4, 0.5) is 0 Å². The predicted octanol–water partition coefficient (Wildman–Crippen LogP) is 0.143. The highest BCUT2D eigenvalue weighted by Gasteiger charge is 2.49. The minimum atomic E-state index is 0.107. The Kier molecular flexibility index (Phi) is 4.12. The lowest BCUT2D eigenvalue weighted by molar-refractivity contribution is -0.0607. The van der Waals surface area contributed by atoms with Crippen molar-refractivity contribution >= 4 is 0 Å². The number of hydrogen-bond acceptors (Lipinski definition) is 4. The number of rotatable bonds is 5. The molecular formula is C11H26N4. The summed E-state index contributed by atoms with van der Waals surface area (Å²) in [4.78, 5) is 0. The van der Waals surface area contributed by atoms with Crippen LogP contribution < -0.4 is 16.9 Å². The zero-order chi connectivity index (χ0) is 11.6. The second kappa shape index (κ2) is 4.78. The lowest BCUT2D eigenvalue weighted by atomic mass is 9.66. The average Bonchev–Trinajstić information content (AvgIpc) is 2.23. The standard InChI is InChI=1S/C11H26N4/c1-5-8(2)11(3,7-12)10-9(14-4)6-15(10)13/h8-10,14H,5-7,12-13H2,1-4H3. The molecule has 5 N–H and O–H groups in total. The Hall–Kier alpha value is -0.160. The maximum absolute atomic E-state index is 5.98. The molecule has 1 aliphatic rings. The van der Waals surface area contributed by atoms with E-state index in [4.69, 9.17) is 11.6 Å². The van der Waals surface area contributed by atoms with Gasteiger partial charge in [0.1, 0.15) is 0 Å². The first-order chi connectivity index (χ1) is 7.01. The molecule has 0 spiro atoms. The molecule has 0 aromatic carbocycles. The fraction of sp³-hybridized carbons (Fsp3) is 1.00. The van der Waals surface area contributed by atoms with Crippen LogP contribution in [0.25, 0.3) is 0 Å². The number of nitrogens with zero attached hydrogens (tertiary/aromatic N) is 1. The van der Waals surface area contributed by atoms with E-state index >= 15 is 0 Å². The highest BCUT2D eigenvalue weighted by Crippen LogP contribution is 2.39. The smallest absolute Gasteiger partial charge is 0.0476 e. The van der Waals surface area contributed by atoms with Crippen LogP contribution in [0.3, 0.4) is 0 Å². The molecule has 1 fully saturated rings. The van der Waals surface area contributed by atoms with Gasteiger partial charge < -0.3 is 11.1 Å². The van der Waals surface area contributed by atoms with Crippen molar-refractivity contribution in [1.29, 1.82) is 0 Å². The molecule has 1 aliphatic heterocycles. The van der Waals surface area contributed by atoms with Gasteiger partial charge in [0.05, 0.1) is 0 Å². The first-order valence-corrected chi connectivity index (χ1v) is 5.89. The highest BCUT2D eigenvalue weighted by molar-refractivity contribution is 5.05. The number of likely N-dealkylation sites (N-methyl/N-ethyl adjacent to an activating group) is 1. The summed E-state index contributed by atoms with van der Waals surface area (Å²) in [5.41, 5.74) is 6.07. The molecule has 0 aromatic heterocycles. The molecule has 1 rings (SSSR count). The summed E-state index contributed by atoms with van der Waals surface area (Å²) in [7, 11) is 2.00. The van der Waals surface area contributed by atoms with E-state index in [0.29, 0.717) is 24.5 Å². The van der Waals surface area contributed by atoms with Crippen molar-refractivity contribution in [3.05, 3.63) is 0 Å². The monoisotopic (exact) mass is 214 g/mol. The Morgan fingerprint density at radius 1 is 1.60 bits per heavy atom. The summed E-state index contributed by atoms with van der Waals surface area (Å²) in [5.74, 6) is 6.57. The molecule has 0 amide bonds. The minimum absolute atomic E-state index is 0.107. The number of nitrogens with one attached hydrogen (secondary N) is 1. The van der Waals surface area contributed by atoms with E-state index in [1.165, 1.54) is 0 Å². The molecule has 0 bridgehead atoms. The normalized spacial score (nSPS) is 33.2. The summed E-state index contributed by atoms with van der Waals surface area (Å²) in [6.07, 6.45) is 1.15. The number of hydrazine groups is 1. The van der Waals surface area contributed by atoms with Gasteiger partial charge >= 0.3 is 0 Å². The molecule has 15 heavy (non-hydrogen) atoms. The maximum Gasteiger partial charge on any atom is 0.0476 e. The van der Waals surface area contributed by atoms with E-state index in [1.54, 1.807) is 0 Å². The van der Waals surface area contributed by atoms with Crippen molar-refractivity contribution in [3.63, 3.8) is 0 Å². The Morgan fingerprint density at radius 2 is 2.20 bits per heavy atom. The quantitative estimate of drug-likeness (QED) is 0.570. The fourth-order valence-electron chi connectivity index (χ4n) is 2.70. The second-order valence-electron chi connectivity index (χ2n) is 5.06. The minimum Gasteiger partial charge on any atom is -0.330 e. The maximum atomic E-state index is 5.98. The number of hydrogen-bond donors (Lipinski definition) is 3. The van der Waals surface area contributed by atoms with Crippen molar-refractivity contribution in [2.75, 3.05) is 20.1 Å². The SMILES string of the molecule is CCC(C)C(C)(CN)C1C(NC)CN1N. The summed E-state index contributed by atoms with van der Waals surface area (Å²) >= 11 is 0. The Labute approximate surface area is 93.3 Å². The molecule has 4 atom stereocenters. The van der Waals surface area contributed by atoms with E-state index in [-0.39, 0.29) is 5.41 Å². The van der Waals surface area contributed by atoms with E-state index in [9.17, 15) is 0 Å². The first-order valence-electron chi connectivity index (χ1n) is 5.89. The van der Waals surface area contributed by atoms with E-state index in [0.717, 1.165) is 13.0 Å². The van der Waals surface area contributed by atoms with E-state index < -0.39 is 0 Å². The van der Waals surface area contributed by atoms with Crippen LogP contribution in [0.2, 0.25) is 0 Å². The molecule has 90 valence electrons. The summed E-state index contributed by atoms with van der Waals surface area (Å²) in [6, 6.07) is 0.847. The van der Waals surface area contributed by atoms with Gasteiger partial charge in [0.15, 0.2) is 0 Å². The summed E-state index contributed by atoms with van der Waals surface area (Å²) in [5, 5.41) is 5.25. The van der Waals surface area contributed by atoms with Crippen molar-refractivity contribution < 1.29 is 0 Å². The molecule has 1 saturated heterocycles. The van der Waals surface area contributed by atoms with Crippen LogP contribution in [0.15, 0.2) is 0 Å². The summed E-state index contributed by atoms with van der Waals surface area (Å²) < 4.78 is 0. The Balaban J connectivity index is 2.80. The third-order valence-corrected chi connectivity index (χ3v) is 4.37. The second-order valence-corrected chi connectivity index (χ2v) is 5.06. The zero-order valence-corrected chi connectivity index (χ0v) is 10.5. The van der Waals surface area contributed by atoms with E-state index in [2.05, 4.69) is 26.1 Å². The van der Waals surface area contributed by atoms with Crippen LogP contribution in [-0.2, 0) is 0 Å². The fourth-order valence-corrected chi connectivity index (χ4v) is 2.70. The van der Waals surface area contributed by atoms with Crippen molar-refractivity contribution in [2.45, 2.75) is 39.3 Å². The van der Waals surface area contributed by atoms with Crippen LogP contribution in [-0.4, -0.2) is 37.2 Å². The van der Waals surface area contributed by atoms with Crippen LogP contribution in [0, 0.1) is 11.3 Å². The van der Waals surface area contributed by atoms with Gasteiger partial charge in [-0.25, -0.2) is 5.01 Å². The van der Waals surface area contributed by atoms with Gasteiger partial charge in [-0.1, -0.05) is 27.2 Å². The van der Waals surface area contributed by atoms with Gasteiger partial charge in [-0.3, -0.25) is 5.84 Å². The largest absolute Gasteiger partial charge is 0.330 e. The zero-order valence-electron chi connectivity index (χ0n) is 10.5. The average molecular weight is 214 g/mol. The van der Waals surface area contributed by atoms with Gasteiger partial charge in [0, 0.05) is 24.0 Å². The number of nitrogens with two attached hydrogens (primary N) is 2. The van der Waals surface area contributed by atoms with Crippen molar-refractivity contribution in [1.82, 2.24) is 10.3 Å². The molecular weight excluding hydrogens is 188 g/mol. The highest BCUT2D eigenvalue weighted by atomic mass is 15.5. The molecule has 0 saturated carbocycles. The predicted molar refractivity (Wildman–Crippen MR) is 64.1 cm³/mol. The van der Waals surface area contributed by atoms with Crippen LogP contribution in [0.1, 0.15) is 27.2 Å². The molecule has 0 aromatic rings. The molecule has 1 heterocycles. The first kappa shape index (κ1) is 12.9. The van der Waals surface area contributed by atoms with Crippen LogP contribution >= 0.6 is 0 Å². The molecule has 0 radical (unpaired) electrons. The summed E-state index contributed by atoms with van der Waals surface area (Å²) in [6.45, 7) is 8.36. The molecule has 4 nitrogen and oxygen atoms in total. The topological polar surface area (TPSA) is 67.3 Å². The van der Waals surface area contributed by atoms with Gasteiger partial charge in [0.25, 0.3) is 0 Å². The van der Waals surface area contributed by atoms with E-state index in [1.807, 2.05) is 12.1 Å². The molecule has 4 unspecified atom stereocenters. The lowest BCUT2D eigenvalue weighted by Crippen LogP contribution is -2.74. The van der Waals surface area contributed by atoms with Gasteiger partial charge in [-0.05, 0) is 19.5 Å². The Bertz CT molecular complexity index is 209. The van der Waals surface area contributed by atoms with Crippen molar-refractivity contribution in [2.24, 2.45) is 22.9 Å². The van der Waals surface area contributed by atoms with Gasteiger partial charge in [-0.2, -0.15) is 0 Å². The van der Waals surface area contributed by atoms with Gasteiger partial charge in [-0.15, -0.1) is 0 Å². The third-order valence-electron chi connectivity index (χ3n) is 4.37. The Morgan fingerprint density at radius 3 is 2.53 bits per heavy atom. The third kappa shape index (κ3) is 2.04. The van der Waals surface area contributed by atoms with Crippen LogP contribution in [0.5, 0.6) is 0 Å². The lowest BCUT2D eigenvalue weighted by Gasteiger charge is -2.56. The molecule has 0 aliphatic carbocycles. The van der Waals surface area contributed by atoms with Crippen molar-refractivity contribution in [3.8, 4) is 0 Å².